The van der Waals surface area contributed by atoms with Gasteiger partial charge in [-0.05, 0) is 18.6 Å². The highest BCUT2D eigenvalue weighted by molar-refractivity contribution is 6.14. The van der Waals surface area contributed by atoms with Crippen molar-refractivity contribution in [2.24, 2.45) is 0 Å². The second kappa shape index (κ2) is 7.44. The summed E-state index contributed by atoms with van der Waals surface area (Å²) in [4.78, 5) is 36.3. The van der Waals surface area contributed by atoms with E-state index in [1.54, 1.807) is 24.3 Å². The van der Waals surface area contributed by atoms with Gasteiger partial charge in [-0.1, -0.05) is 25.1 Å². The van der Waals surface area contributed by atoms with Gasteiger partial charge < -0.3 is 14.8 Å². The van der Waals surface area contributed by atoms with Gasteiger partial charge in [0, 0.05) is 12.1 Å². The standard InChI is InChI=1S/C16H18N2O5/c1-3-8-18-15(20)12(17-16(18)21)9-11-6-4-5-7-13(11)23-10-14(19)22-2/h4-7,9H,3,8,10H2,1-2H3,(H,17,21)/b12-9+. The molecule has 1 heterocycles. The van der Waals surface area contributed by atoms with Gasteiger partial charge in [-0.2, -0.15) is 0 Å². The number of hydrogen-bond acceptors (Lipinski definition) is 5. The average molecular weight is 318 g/mol. The minimum Gasteiger partial charge on any atom is -0.481 e. The zero-order valence-electron chi connectivity index (χ0n) is 13.0. The van der Waals surface area contributed by atoms with Crippen LogP contribution < -0.4 is 10.1 Å². The summed E-state index contributed by atoms with van der Waals surface area (Å²) in [5.74, 6) is -0.465. The molecule has 1 aromatic rings. The van der Waals surface area contributed by atoms with Gasteiger partial charge in [-0.25, -0.2) is 9.59 Å². The Kier molecular flexibility index (Phi) is 5.35. The molecule has 0 saturated carbocycles. The fourth-order valence-electron chi connectivity index (χ4n) is 2.08. The van der Waals surface area contributed by atoms with Gasteiger partial charge >= 0.3 is 12.0 Å². The molecule has 0 unspecified atom stereocenters. The molecule has 1 aliphatic rings. The third-order valence-electron chi connectivity index (χ3n) is 3.20. The molecule has 0 aromatic heterocycles. The summed E-state index contributed by atoms with van der Waals surface area (Å²) in [5.41, 5.74) is 0.760. The highest BCUT2D eigenvalue weighted by Gasteiger charge is 2.32. The maximum Gasteiger partial charge on any atom is 0.343 e. The molecule has 7 heteroatoms. The second-order valence-corrected chi connectivity index (χ2v) is 4.85. The Morgan fingerprint density at radius 1 is 1.30 bits per heavy atom. The number of methoxy groups -OCH3 is 1. The predicted octanol–water partition coefficient (Wildman–Crippen LogP) is 1.54. The van der Waals surface area contributed by atoms with Gasteiger partial charge in [0.2, 0.25) is 0 Å². The summed E-state index contributed by atoms with van der Waals surface area (Å²) >= 11 is 0. The van der Waals surface area contributed by atoms with Crippen molar-refractivity contribution in [1.29, 1.82) is 0 Å². The Bertz CT molecular complexity index is 654. The fraction of sp³-hybridized carbons (Fsp3) is 0.312. The highest BCUT2D eigenvalue weighted by atomic mass is 16.6. The molecule has 1 N–H and O–H groups in total. The first-order valence-electron chi connectivity index (χ1n) is 7.20. The van der Waals surface area contributed by atoms with Crippen molar-refractivity contribution < 1.29 is 23.9 Å². The number of rotatable bonds is 6. The number of esters is 1. The Hall–Kier alpha value is -2.83. The van der Waals surface area contributed by atoms with Gasteiger partial charge in [0.25, 0.3) is 5.91 Å². The molecule has 7 nitrogen and oxygen atoms in total. The topological polar surface area (TPSA) is 84.9 Å². The number of nitrogens with zero attached hydrogens (tertiary/aromatic N) is 1. The van der Waals surface area contributed by atoms with E-state index in [0.717, 1.165) is 4.90 Å². The van der Waals surface area contributed by atoms with Crippen LogP contribution in [0.3, 0.4) is 0 Å². The van der Waals surface area contributed by atoms with Crippen LogP contribution in [0.15, 0.2) is 30.0 Å². The molecule has 1 fully saturated rings. The van der Waals surface area contributed by atoms with Crippen molar-refractivity contribution >= 4 is 24.0 Å². The molecule has 1 aromatic carbocycles. The Labute approximate surface area is 133 Å². The van der Waals surface area contributed by atoms with Crippen LogP contribution in [0.1, 0.15) is 18.9 Å². The largest absolute Gasteiger partial charge is 0.481 e. The molecule has 0 atom stereocenters. The lowest BCUT2D eigenvalue weighted by Crippen LogP contribution is -2.31. The molecule has 23 heavy (non-hydrogen) atoms. The quantitative estimate of drug-likeness (QED) is 0.488. The zero-order valence-corrected chi connectivity index (χ0v) is 13.0. The van der Waals surface area contributed by atoms with E-state index < -0.39 is 12.0 Å². The third-order valence-corrected chi connectivity index (χ3v) is 3.20. The van der Waals surface area contributed by atoms with Crippen molar-refractivity contribution in [2.75, 3.05) is 20.3 Å². The van der Waals surface area contributed by atoms with E-state index in [-0.39, 0.29) is 18.2 Å². The van der Waals surface area contributed by atoms with Crippen molar-refractivity contribution in [3.63, 3.8) is 0 Å². The summed E-state index contributed by atoms with van der Waals surface area (Å²) in [6, 6.07) is 6.47. The number of benzene rings is 1. The Balaban J connectivity index is 2.21. The summed E-state index contributed by atoms with van der Waals surface area (Å²) in [6.45, 7) is 2.01. The highest BCUT2D eigenvalue weighted by Crippen LogP contribution is 2.22. The number of ether oxygens (including phenoxy) is 2. The fourth-order valence-corrected chi connectivity index (χ4v) is 2.08. The van der Waals surface area contributed by atoms with Gasteiger partial charge in [0.1, 0.15) is 11.4 Å². The van der Waals surface area contributed by atoms with Gasteiger partial charge in [0.05, 0.1) is 7.11 Å². The molecule has 0 bridgehead atoms. The number of nitrogens with one attached hydrogen (secondary N) is 1. The summed E-state index contributed by atoms with van der Waals surface area (Å²) in [6.07, 6.45) is 2.22. The van der Waals surface area contributed by atoms with Crippen LogP contribution in [0.25, 0.3) is 6.08 Å². The normalized spacial score (nSPS) is 15.7. The molecule has 0 radical (unpaired) electrons. The van der Waals surface area contributed by atoms with E-state index in [9.17, 15) is 14.4 Å². The van der Waals surface area contributed by atoms with E-state index in [1.807, 2.05) is 6.92 Å². The maximum absolute atomic E-state index is 12.2. The number of para-hydroxylation sites is 1. The monoisotopic (exact) mass is 318 g/mol. The van der Waals surface area contributed by atoms with Gasteiger partial charge in [-0.3, -0.25) is 9.69 Å². The Morgan fingerprint density at radius 3 is 2.74 bits per heavy atom. The first kappa shape index (κ1) is 16.5. The smallest absolute Gasteiger partial charge is 0.343 e. The van der Waals surface area contributed by atoms with Crippen LogP contribution in [0.4, 0.5) is 4.79 Å². The Morgan fingerprint density at radius 2 is 2.04 bits per heavy atom. The molecule has 122 valence electrons. The molecule has 1 aliphatic heterocycles. The number of imide groups is 1. The summed E-state index contributed by atoms with van der Waals surface area (Å²) in [5, 5.41) is 2.54. The van der Waals surface area contributed by atoms with Crippen molar-refractivity contribution in [3.05, 3.63) is 35.5 Å². The molecule has 0 aliphatic carbocycles. The van der Waals surface area contributed by atoms with Crippen LogP contribution in [0.5, 0.6) is 5.75 Å². The van der Waals surface area contributed by atoms with Crippen LogP contribution in [-0.4, -0.2) is 43.1 Å². The number of amides is 3. The van der Waals surface area contributed by atoms with Crippen LogP contribution in [-0.2, 0) is 14.3 Å². The lowest BCUT2D eigenvalue weighted by Gasteiger charge is -2.09. The molecule has 1 saturated heterocycles. The molecule has 2 rings (SSSR count). The third kappa shape index (κ3) is 3.88. The number of carbonyl (C=O) groups excluding carboxylic acids is 3. The van der Waals surface area contributed by atoms with Crippen molar-refractivity contribution in [1.82, 2.24) is 10.2 Å². The lowest BCUT2D eigenvalue weighted by atomic mass is 10.1. The lowest BCUT2D eigenvalue weighted by molar-refractivity contribution is -0.142. The maximum atomic E-state index is 12.2. The molecular formula is C16H18N2O5. The SMILES string of the molecule is CCCN1C(=O)N/C(=C/c2ccccc2OCC(=O)OC)C1=O. The van der Waals surface area contributed by atoms with Gasteiger partial charge in [-0.15, -0.1) is 0 Å². The minimum absolute atomic E-state index is 0.178. The molecule has 3 amide bonds. The van der Waals surface area contributed by atoms with E-state index >= 15 is 0 Å². The molecule has 0 spiro atoms. The van der Waals surface area contributed by atoms with Crippen molar-refractivity contribution in [3.8, 4) is 5.75 Å². The van der Waals surface area contributed by atoms with E-state index in [1.165, 1.54) is 13.2 Å². The average Bonchev–Trinajstić information content (AvgIpc) is 2.81. The number of hydrogen-bond donors (Lipinski definition) is 1. The summed E-state index contributed by atoms with van der Waals surface area (Å²) in [7, 11) is 1.27. The van der Waals surface area contributed by atoms with E-state index in [2.05, 4.69) is 10.1 Å². The zero-order chi connectivity index (χ0) is 16.8. The number of carbonyl (C=O) groups is 3. The van der Waals surface area contributed by atoms with E-state index in [4.69, 9.17) is 4.74 Å². The second-order valence-electron chi connectivity index (χ2n) is 4.85. The first-order chi connectivity index (χ1) is 11.1. The van der Waals surface area contributed by atoms with Crippen LogP contribution in [0, 0.1) is 0 Å². The van der Waals surface area contributed by atoms with E-state index in [0.29, 0.717) is 24.3 Å². The van der Waals surface area contributed by atoms with Gasteiger partial charge in [0.15, 0.2) is 6.61 Å². The van der Waals surface area contributed by atoms with Crippen molar-refractivity contribution in [2.45, 2.75) is 13.3 Å². The van der Waals surface area contributed by atoms with Crippen LogP contribution >= 0.6 is 0 Å². The summed E-state index contributed by atoms with van der Waals surface area (Å²) < 4.78 is 9.90. The number of urea groups is 1. The first-order valence-corrected chi connectivity index (χ1v) is 7.20. The predicted molar refractivity (Wildman–Crippen MR) is 82.5 cm³/mol. The minimum atomic E-state index is -0.508. The van der Waals surface area contributed by atoms with Crippen LogP contribution in [0.2, 0.25) is 0 Å². The molecular weight excluding hydrogens is 300 g/mol.